The van der Waals surface area contributed by atoms with E-state index in [-0.39, 0.29) is 5.91 Å². The van der Waals surface area contributed by atoms with Crippen molar-refractivity contribution in [1.82, 2.24) is 4.90 Å². The Bertz CT molecular complexity index is 408. The number of amides is 1. The first kappa shape index (κ1) is 13.7. The van der Waals surface area contributed by atoms with E-state index in [1.807, 2.05) is 4.90 Å². The summed E-state index contributed by atoms with van der Waals surface area (Å²) in [6, 6.07) is 3.91. The number of hydrogen-bond donors (Lipinski definition) is 0. The number of carbonyl (C=O) groups is 1. The molecule has 1 heterocycles. The third kappa shape index (κ3) is 3.16. The van der Waals surface area contributed by atoms with Crippen molar-refractivity contribution in [3.8, 4) is 0 Å². The van der Waals surface area contributed by atoms with Crippen LogP contribution >= 0.6 is 15.9 Å². The molecule has 1 amide bonds. The highest BCUT2D eigenvalue weighted by molar-refractivity contribution is 9.10. The van der Waals surface area contributed by atoms with Crippen LogP contribution in [0.5, 0.6) is 0 Å². The maximum Gasteiger partial charge on any atom is 0.289 e. The summed E-state index contributed by atoms with van der Waals surface area (Å²) in [6.45, 7) is 5.10. The van der Waals surface area contributed by atoms with Gasteiger partial charge in [-0.25, -0.2) is 0 Å². The molecule has 1 aliphatic carbocycles. The van der Waals surface area contributed by atoms with Gasteiger partial charge in [-0.3, -0.25) is 4.79 Å². The maximum atomic E-state index is 12.5. The predicted molar refractivity (Wildman–Crippen MR) is 74.5 cm³/mol. The van der Waals surface area contributed by atoms with Gasteiger partial charge in [-0.05, 0) is 46.8 Å². The van der Waals surface area contributed by atoms with Crippen LogP contribution in [-0.4, -0.2) is 23.4 Å². The molecule has 18 heavy (non-hydrogen) atoms. The minimum absolute atomic E-state index is 0.0290. The summed E-state index contributed by atoms with van der Waals surface area (Å²) in [5.74, 6) is 0.948. The van der Waals surface area contributed by atoms with Crippen LogP contribution in [-0.2, 0) is 0 Å². The van der Waals surface area contributed by atoms with Crippen molar-refractivity contribution in [1.29, 1.82) is 0 Å². The normalized spacial score (nSPS) is 16.4. The third-order valence-electron chi connectivity index (χ3n) is 3.37. The molecule has 0 atom stereocenters. The van der Waals surface area contributed by atoms with E-state index in [2.05, 4.69) is 29.8 Å². The van der Waals surface area contributed by atoms with Gasteiger partial charge in [0.15, 0.2) is 10.4 Å². The van der Waals surface area contributed by atoms with E-state index < -0.39 is 0 Å². The molecule has 0 aromatic carbocycles. The van der Waals surface area contributed by atoms with Crippen molar-refractivity contribution in [2.75, 3.05) is 6.54 Å². The highest BCUT2D eigenvalue weighted by atomic mass is 79.9. The number of rotatable bonds is 4. The van der Waals surface area contributed by atoms with Gasteiger partial charge in [0.2, 0.25) is 0 Å². The molecular formula is C14H20BrNO2. The second kappa shape index (κ2) is 5.91. The summed E-state index contributed by atoms with van der Waals surface area (Å²) in [7, 11) is 0. The van der Waals surface area contributed by atoms with Crippen LogP contribution in [0.4, 0.5) is 0 Å². The number of hydrogen-bond acceptors (Lipinski definition) is 2. The Balaban J connectivity index is 2.14. The van der Waals surface area contributed by atoms with Crippen molar-refractivity contribution >= 4 is 21.8 Å². The van der Waals surface area contributed by atoms with E-state index in [0.29, 0.717) is 22.4 Å². The first-order chi connectivity index (χ1) is 8.58. The molecule has 0 unspecified atom stereocenters. The molecule has 0 bridgehead atoms. The molecule has 1 aliphatic rings. The minimum Gasteiger partial charge on any atom is -0.444 e. The Morgan fingerprint density at radius 1 is 1.44 bits per heavy atom. The van der Waals surface area contributed by atoms with Gasteiger partial charge < -0.3 is 9.32 Å². The molecule has 4 heteroatoms. The Hall–Kier alpha value is -0.770. The van der Waals surface area contributed by atoms with E-state index in [1.165, 1.54) is 12.8 Å². The summed E-state index contributed by atoms with van der Waals surface area (Å²) in [5.41, 5.74) is 0. The highest BCUT2D eigenvalue weighted by Crippen LogP contribution is 2.26. The zero-order valence-corrected chi connectivity index (χ0v) is 12.6. The molecule has 0 aliphatic heterocycles. The van der Waals surface area contributed by atoms with Gasteiger partial charge in [-0.2, -0.15) is 0 Å². The van der Waals surface area contributed by atoms with Crippen molar-refractivity contribution in [3.63, 3.8) is 0 Å². The fraction of sp³-hybridized carbons (Fsp3) is 0.643. The summed E-state index contributed by atoms with van der Waals surface area (Å²) >= 11 is 3.25. The molecule has 3 nitrogen and oxygen atoms in total. The minimum atomic E-state index is 0.0290. The first-order valence-corrected chi connectivity index (χ1v) is 7.43. The Labute approximate surface area is 117 Å². The molecule has 1 aromatic rings. The average molecular weight is 314 g/mol. The zero-order chi connectivity index (χ0) is 13.1. The second-order valence-electron chi connectivity index (χ2n) is 5.39. The molecule has 1 saturated carbocycles. The van der Waals surface area contributed by atoms with Gasteiger partial charge >= 0.3 is 0 Å². The lowest BCUT2D eigenvalue weighted by atomic mass is 10.1. The van der Waals surface area contributed by atoms with Crippen molar-refractivity contribution < 1.29 is 9.21 Å². The largest absolute Gasteiger partial charge is 0.444 e. The Morgan fingerprint density at radius 2 is 2.11 bits per heavy atom. The van der Waals surface area contributed by atoms with Gasteiger partial charge in [0.1, 0.15) is 0 Å². The van der Waals surface area contributed by atoms with Crippen LogP contribution in [0.2, 0.25) is 0 Å². The second-order valence-corrected chi connectivity index (χ2v) is 6.17. The lowest BCUT2D eigenvalue weighted by Crippen LogP contribution is -2.41. The zero-order valence-electron chi connectivity index (χ0n) is 11.0. The van der Waals surface area contributed by atoms with Gasteiger partial charge in [-0.15, -0.1) is 0 Å². The first-order valence-electron chi connectivity index (χ1n) is 6.64. The van der Waals surface area contributed by atoms with Crippen LogP contribution in [0.25, 0.3) is 0 Å². The van der Waals surface area contributed by atoms with E-state index in [1.54, 1.807) is 12.1 Å². The van der Waals surface area contributed by atoms with Gasteiger partial charge in [0.05, 0.1) is 0 Å². The van der Waals surface area contributed by atoms with Gasteiger partial charge in [-0.1, -0.05) is 26.7 Å². The Kier molecular flexibility index (Phi) is 4.49. The Morgan fingerprint density at radius 3 is 2.61 bits per heavy atom. The van der Waals surface area contributed by atoms with E-state index in [9.17, 15) is 4.79 Å². The van der Waals surface area contributed by atoms with Crippen LogP contribution in [0, 0.1) is 5.92 Å². The lowest BCUT2D eigenvalue weighted by molar-refractivity contribution is 0.0621. The molecule has 2 rings (SSSR count). The molecule has 0 N–H and O–H groups in total. The molecular weight excluding hydrogens is 294 g/mol. The van der Waals surface area contributed by atoms with E-state index in [0.717, 1.165) is 19.4 Å². The summed E-state index contributed by atoms with van der Waals surface area (Å²) in [4.78, 5) is 14.5. The SMILES string of the molecule is CC(C)CN(C(=O)c1ccc(Br)o1)C1CCCC1. The fourth-order valence-corrected chi connectivity index (χ4v) is 2.88. The molecule has 100 valence electrons. The predicted octanol–water partition coefficient (Wildman–Crippen LogP) is 4.08. The van der Waals surface area contributed by atoms with Gasteiger partial charge in [0, 0.05) is 12.6 Å². The number of furan rings is 1. The lowest BCUT2D eigenvalue weighted by Gasteiger charge is -2.29. The van der Waals surface area contributed by atoms with E-state index in [4.69, 9.17) is 4.42 Å². The molecule has 0 spiro atoms. The topological polar surface area (TPSA) is 33.5 Å². The smallest absolute Gasteiger partial charge is 0.289 e. The van der Waals surface area contributed by atoms with Crippen molar-refractivity contribution in [2.24, 2.45) is 5.92 Å². The van der Waals surface area contributed by atoms with E-state index >= 15 is 0 Å². The van der Waals surface area contributed by atoms with Crippen LogP contribution in [0.1, 0.15) is 50.1 Å². The average Bonchev–Trinajstić information content (AvgIpc) is 2.95. The number of carbonyl (C=O) groups excluding carboxylic acids is 1. The maximum absolute atomic E-state index is 12.5. The third-order valence-corrected chi connectivity index (χ3v) is 3.80. The van der Waals surface area contributed by atoms with Crippen molar-refractivity contribution in [2.45, 2.75) is 45.6 Å². The van der Waals surface area contributed by atoms with Crippen LogP contribution < -0.4 is 0 Å². The molecule has 0 saturated heterocycles. The van der Waals surface area contributed by atoms with Crippen molar-refractivity contribution in [3.05, 3.63) is 22.6 Å². The van der Waals surface area contributed by atoms with Crippen LogP contribution in [0.3, 0.4) is 0 Å². The quantitative estimate of drug-likeness (QED) is 0.839. The molecule has 1 fully saturated rings. The highest BCUT2D eigenvalue weighted by Gasteiger charge is 2.29. The fourth-order valence-electron chi connectivity index (χ4n) is 2.58. The summed E-state index contributed by atoms with van der Waals surface area (Å²) < 4.78 is 6.01. The standard InChI is InChI=1S/C14H20BrNO2/c1-10(2)9-16(11-5-3-4-6-11)14(17)12-7-8-13(15)18-12/h7-8,10-11H,3-6,9H2,1-2H3. The summed E-state index contributed by atoms with van der Waals surface area (Å²) in [6.07, 6.45) is 4.71. The van der Waals surface area contributed by atoms with Crippen LogP contribution in [0.15, 0.2) is 21.2 Å². The molecule has 1 aromatic heterocycles. The monoisotopic (exact) mass is 313 g/mol. The summed E-state index contributed by atoms with van der Waals surface area (Å²) in [5, 5.41) is 0. The molecule has 0 radical (unpaired) electrons. The number of halogens is 1. The van der Waals surface area contributed by atoms with Gasteiger partial charge in [0.25, 0.3) is 5.91 Å². The number of nitrogens with zero attached hydrogens (tertiary/aromatic N) is 1.